The van der Waals surface area contributed by atoms with E-state index in [1.165, 1.54) is 6.42 Å². The average molecular weight is 428 g/mol. The van der Waals surface area contributed by atoms with Crippen molar-refractivity contribution in [2.45, 2.75) is 52.0 Å². The summed E-state index contributed by atoms with van der Waals surface area (Å²) in [5.74, 6) is 1.35. The van der Waals surface area contributed by atoms with Crippen molar-refractivity contribution < 1.29 is 9.53 Å². The van der Waals surface area contributed by atoms with E-state index < -0.39 is 0 Å². The molecule has 7 heteroatoms. The number of ether oxygens (including phenoxy) is 1. The quantitative estimate of drug-likeness (QED) is 0.635. The van der Waals surface area contributed by atoms with Crippen LogP contribution in [0.25, 0.3) is 0 Å². The van der Waals surface area contributed by atoms with Crippen molar-refractivity contribution in [3.63, 3.8) is 0 Å². The Morgan fingerprint density at radius 3 is 2.58 bits per heavy atom. The first-order valence-electron chi connectivity index (χ1n) is 11.7. The van der Waals surface area contributed by atoms with Crippen LogP contribution in [-0.2, 0) is 9.53 Å². The van der Waals surface area contributed by atoms with Crippen molar-refractivity contribution in [2.75, 3.05) is 57.4 Å². The van der Waals surface area contributed by atoms with Crippen LogP contribution >= 0.6 is 0 Å². The molecule has 2 aliphatic rings. The highest BCUT2D eigenvalue weighted by Gasteiger charge is 2.42. The molecule has 0 aliphatic carbocycles. The van der Waals surface area contributed by atoms with E-state index in [-0.39, 0.29) is 11.4 Å². The second kappa shape index (κ2) is 11.0. The number of rotatable bonds is 8. The molecule has 2 fully saturated rings. The Morgan fingerprint density at radius 2 is 1.97 bits per heavy atom. The normalized spacial score (nSPS) is 19.8. The molecule has 170 valence electrons. The molecule has 0 saturated carbocycles. The summed E-state index contributed by atoms with van der Waals surface area (Å²) < 4.78 is 5.71. The molecular weight excluding hydrogens is 390 g/mol. The molecule has 1 aromatic rings. The third-order valence-electron chi connectivity index (χ3n) is 6.67. The topological polar surface area (TPSA) is 72.7 Å². The van der Waals surface area contributed by atoms with Crippen LogP contribution in [0.15, 0.2) is 18.2 Å². The van der Waals surface area contributed by atoms with Gasteiger partial charge in [0.2, 0.25) is 5.91 Å². The number of pyridine rings is 1. The fraction of sp³-hybridized carbons (Fsp3) is 0.708. The van der Waals surface area contributed by atoms with Gasteiger partial charge in [-0.3, -0.25) is 14.6 Å². The van der Waals surface area contributed by atoms with Gasteiger partial charge < -0.3 is 9.64 Å². The molecule has 7 nitrogen and oxygen atoms in total. The van der Waals surface area contributed by atoms with Gasteiger partial charge in [0.05, 0.1) is 0 Å². The van der Waals surface area contributed by atoms with E-state index in [2.05, 4.69) is 34.7 Å². The number of nitriles is 1. The summed E-state index contributed by atoms with van der Waals surface area (Å²) in [4.78, 5) is 24.4. The molecule has 0 spiro atoms. The Kier molecular flexibility index (Phi) is 8.42. The van der Waals surface area contributed by atoms with E-state index in [1.807, 2.05) is 13.0 Å². The minimum atomic E-state index is -0.114. The van der Waals surface area contributed by atoms with E-state index in [9.17, 15) is 10.1 Å². The lowest BCUT2D eigenvalue weighted by Crippen LogP contribution is -2.63. The fourth-order valence-corrected chi connectivity index (χ4v) is 4.63. The lowest BCUT2D eigenvalue weighted by atomic mass is 9.86. The van der Waals surface area contributed by atoms with Crippen molar-refractivity contribution in [1.82, 2.24) is 14.8 Å². The summed E-state index contributed by atoms with van der Waals surface area (Å²) in [6.07, 6.45) is 3.46. The standard InChI is InChI=1S/C24H37N5O2/c1-4-23(30)29(22-7-5-6-21(18-25)26-22)19-24(9-16-31-17-10-24)28-14-12-27(13-15-28)11-8-20(2)3/h5-7,20H,4,8-17,19H2,1-3H3. The predicted molar refractivity (Wildman–Crippen MR) is 122 cm³/mol. The van der Waals surface area contributed by atoms with Crippen LogP contribution in [0.3, 0.4) is 0 Å². The summed E-state index contributed by atoms with van der Waals surface area (Å²) >= 11 is 0. The number of carbonyl (C=O) groups excluding carboxylic acids is 1. The lowest BCUT2D eigenvalue weighted by Gasteiger charge is -2.51. The highest BCUT2D eigenvalue weighted by Crippen LogP contribution is 2.32. The Hall–Kier alpha value is -2.01. The number of anilines is 1. The average Bonchev–Trinajstić information content (AvgIpc) is 2.81. The van der Waals surface area contributed by atoms with Crippen molar-refractivity contribution in [1.29, 1.82) is 5.26 Å². The third-order valence-corrected chi connectivity index (χ3v) is 6.67. The van der Waals surface area contributed by atoms with Crippen LogP contribution in [-0.4, -0.2) is 78.7 Å². The highest BCUT2D eigenvalue weighted by molar-refractivity contribution is 5.92. The lowest BCUT2D eigenvalue weighted by molar-refractivity contribution is -0.119. The van der Waals surface area contributed by atoms with Crippen LogP contribution in [0, 0.1) is 17.2 Å². The number of aromatic nitrogens is 1. The Bertz CT molecular complexity index is 761. The van der Waals surface area contributed by atoms with Gasteiger partial charge in [-0.25, -0.2) is 4.98 Å². The van der Waals surface area contributed by atoms with Gasteiger partial charge in [0.25, 0.3) is 0 Å². The molecular formula is C24H37N5O2. The number of nitrogens with zero attached hydrogens (tertiary/aromatic N) is 5. The molecule has 0 bridgehead atoms. The zero-order valence-corrected chi connectivity index (χ0v) is 19.3. The predicted octanol–water partition coefficient (Wildman–Crippen LogP) is 2.91. The van der Waals surface area contributed by atoms with E-state index in [0.29, 0.717) is 37.7 Å². The fourth-order valence-electron chi connectivity index (χ4n) is 4.63. The molecule has 0 unspecified atom stereocenters. The molecule has 0 atom stereocenters. The molecule has 0 radical (unpaired) electrons. The van der Waals surface area contributed by atoms with Crippen molar-refractivity contribution >= 4 is 11.7 Å². The number of piperazine rings is 1. The smallest absolute Gasteiger partial charge is 0.227 e. The second-order valence-electron chi connectivity index (χ2n) is 9.17. The van der Waals surface area contributed by atoms with Gasteiger partial charge in [-0.05, 0) is 43.9 Å². The molecule has 3 heterocycles. The van der Waals surface area contributed by atoms with Crippen molar-refractivity contribution in [3.8, 4) is 6.07 Å². The number of carbonyl (C=O) groups is 1. The van der Waals surface area contributed by atoms with Gasteiger partial charge in [-0.2, -0.15) is 5.26 Å². The van der Waals surface area contributed by atoms with Gasteiger partial charge in [0, 0.05) is 57.9 Å². The first-order valence-corrected chi connectivity index (χ1v) is 11.7. The molecule has 0 aromatic carbocycles. The van der Waals surface area contributed by atoms with Crippen LogP contribution in [0.1, 0.15) is 52.1 Å². The molecule has 1 amide bonds. The minimum Gasteiger partial charge on any atom is -0.381 e. The maximum Gasteiger partial charge on any atom is 0.227 e. The largest absolute Gasteiger partial charge is 0.381 e. The van der Waals surface area contributed by atoms with E-state index in [0.717, 1.165) is 51.5 Å². The SMILES string of the molecule is CCC(=O)N(CC1(N2CCN(CCC(C)C)CC2)CCOCC1)c1cccc(C#N)n1. The maximum atomic E-state index is 13.0. The minimum absolute atomic E-state index is 0.0454. The van der Waals surface area contributed by atoms with Gasteiger partial charge in [0.15, 0.2) is 0 Å². The molecule has 2 aliphatic heterocycles. The first-order chi connectivity index (χ1) is 15.0. The van der Waals surface area contributed by atoms with E-state index in [4.69, 9.17) is 4.74 Å². The summed E-state index contributed by atoms with van der Waals surface area (Å²) in [5.41, 5.74) is 0.226. The van der Waals surface area contributed by atoms with Crippen molar-refractivity contribution in [2.24, 2.45) is 5.92 Å². The summed E-state index contributed by atoms with van der Waals surface area (Å²) in [6.45, 7) is 13.8. The van der Waals surface area contributed by atoms with Crippen LogP contribution in [0.4, 0.5) is 5.82 Å². The molecule has 31 heavy (non-hydrogen) atoms. The zero-order valence-electron chi connectivity index (χ0n) is 19.3. The van der Waals surface area contributed by atoms with Gasteiger partial charge in [0.1, 0.15) is 17.6 Å². The monoisotopic (exact) mass is 427 g/mol. The van der Waals surface area contributed by atoms with Crippen LogP contribution in [0.2, 0.25) is 0 Å². The van der Waals surface area contributed by atoms with Crippen LogP contribution < -0.4 is 4.90 Å². The van der Waals surface area contributed by atoms with Gasteiger partial charge in [-0.15, -0.1) is 0 Å². The molecule has 2 saturated heterocycles. The van der Waals surface area contributed by atoms with Gasteiger partial charge in [-0.1, -0.05) is 26.8 Å². The zero-order chi connectivity index (χ0) is 22.3. The van der Waals surface area contributed by atoms with Crippen molar-refractivity contribution in [3.05, 3.63) is 23.9 Å². The third kappa shape index (κ3) is 6.03. The van der Waals surface area contributed by atoms with Gasteiger partial charge >= 0.3 is 0 Å². The maximum absolute atomic E-state index is 13.0. The first kappa shape index (κ1) is 23.6. The summed E-state index contributed by atoms with van der Waals surface area (Å²) in [7, 11) is 0. The summed E-state index contributed by atoms with van der Waals surface area (Å²) in [5, 5.41) is 9.27. The Labute approximate surface area is 187 Å². The number of hydrogen-bond donors (Lipinski definition) is 0. The van der Waals surface area contributed by atoms with Crippen LogP contribution in [0.5, 0.6) is 0 Å². The number of amides is 1. The van der Waals surface area contributed by atoms with E-state index in [1.54, 1.807) is 17.0 Å². The second-order valence-corrected chi connectivity index (χ2v) is 9.17. The number of hydrogen-bond acceptors (Lipinski definition) is 6. The Balaban J connectivity index is 1.79. The summed E-state index contributed by atoms with van der Waals surface area (Å²) in [6, 6.07) is 7.42. The molecule has 3 rings (SSSR count). The Morgan fingerprint density at radius 1 is 1.26 bits per heavy atom. The molecule has 1 aromatic heterocycles. The molecule has 0 N–H and O–H groups in total. The highest BCUT2D eigenvalue weighted by atomic mass is 16.5. The van der Waals surface area contributed by atoms with E-state index >= 15 is 0 Å².